The summed E-state index contributed by atoms with van der Waals surface area (Å²) in [4.78, 5) is 57.8. The summed E-state index contributed by atoms with van der Waals surface area (Å²) < 4.78 is 5.11. The number of nitro benzene ring substituents is 1. The Balaban J connectivity index is 1.78. The summed E-state index contributed by atoms with van der Waals surface area (Å²) in [5, 5.41) is 23.6. The van der Waals surface area contributed by atoms with E-state index in [2.05, 4.69) is 15.3 Å². The van der Waals surface area contributed by atoms with Crippen molar-refractivity contribution in [2.45, 2.75) is 25.7 Å². The smallest absolute Gasteiger partial charge is 0.310 e. The number of nitriles is 1. The standard InChI is InChI=1S/C22H21ClN6O6/c1-2-35-21(32)11-4-3-7-28(10-11)22-26-18-17(20(31)27-22)16(14(9-24)19(30)25-18)13-8-12(29(33)34)5-6-15(13)23/h5-6,8,11,14,16H,2-4,7,10H2,1H3,(H2,25,26,27,30,31). The van der Waals surface area contributed by atoms with Gasteiger partial charge in [0.2, 0.25) is 11.9 Å². The van der Waals surface area contributed by atoms with Crippen LogP contribution in [0.15, 0.2) is 23.0 Å². The number of piperidine rings is 1. The topological polar surface area (TPSA) is 171 Å². The lowest BCUT2D eigenvalue weighted by molar-refractivity contribution is -0.384. The van der Waals surface area contributed by atoms with Gasteiger partial charge in [0.05, 0.1) is 29.1 Å². The summed E-state index contributed by atoms with van der Waals surface area (Å²) in [5.41, 5.74) is -0.853. The number of nitro groups is 1. The predicted octanol–water partition coefficient (Wildman–Crippen LogP) is 2.33. The Bertz CT molecular complexity index is 1300. The Morgan fingerprint density at radius 1 is 1.43 bits per heavy atom. The molecule has 13 heteroatoms. The Morgan fingerprint density at radius 2 is 2.20 bits per heavy atom. The molecule has 182 valence electrons. The molecule has 2 aliphatic rings. The number of anilines is 2. The minimum Gasteiger partial charge on any atom is -0.466 e. The Labute approximate surface area is 204 Å². The number of carbonyl (C=O) groups is 2. The first-order valence-electron chi connectivity index (χ1n) is 10.9. The fourth-order valence-electron chi connectivity index (χ4n) is 4.49. The molecule has 3 heterocycles. The van der Waals surface area contributed by atoms with Crippen molar-refractivity contribution in [3.05, 3.63) is 54.8 Å². The quantitative estimate of drug-likeness (QED) is 0.355. The highest BCUT2D eigenvalue weighted by molar-refractivity contribution is 6.31. The second-order valence-corrected chi connectivity index (χ2v) is 8.63. The number of aromatic amines is 1. The SMILES string of the molecule is CCOC(=O)C1CCCN(c2nc3c(c(=O)[nH]2)C(c2cc([N+](=O)[O-])ccc2Cl)C(C#N)C(=O)N3)C1. The molecule has 1 saturated heterocycles. The van der Waals surface area contributed by atoms with Gasteiger partial charge in [-0.1, -0.05) is 11.6 Å². The third-order valence-corrected chi connectivity index (χ3v) is 6.46. The van der Waals surface area contributed by atoms with Crippen LogP contribution < -0.4 is 15.8 Å². The first-order valence-corrected chi connectivity index (χ1v) is 11.3. The van der Waals surface area contributed by atoms with E-state index in [1.54, 1.807) is 11.8 Å². The summed E-state index contributed by atoms with van der Waals surface area (Å²) >= 11 is 6.30. The number of hydrogen-bond acceptors (Lipinski definition) is 9. The Hall–Kier alpha value is -3.98. The van der Waals surface area contributed by atoms with Gasteiger partial charge in [0.1, 0.15) is 11.7 Å². The summed E-state index contributed by atoms with van der Waals surface area (Å²) in [7, 11) is 0. The number of nitrogens with one attached hydrogen (secondary N) is 2. The third kappa shape index (κ3) is 4.54. The molecule has 35 heavy (non-hydrogen) atoms. The molecule has 3 atom stereocenters. The highest BCUT2D eigenvalue weighted by atomic mass is 35.5. The van der Waals surface area contributed by atoms with Crippen LogP contribution in [0.25, 0.3) is 0 Å². The number of benzene rings is 1. The van der Waals surface area contributed by atoms with E-state index >= 15 is 0 Å². The number of aromatic nitrogens is 2. The summed E-state index contributed by atoms with van der Waals surface area (Å²) in [6.07, 6.45) is 1.30. The van der Waals surface area contributed by atoms with Crippen molar-refractivity contribution in [1.29, 1.82) is 5.26 Å². The molecule has 2 aromatic rings. The van der Waals surface area contributed by atoms with Gasteiger partial charge in [0.25, 0.3) is 11.2 Å². The van der Waals surface area contributed by atoms with Crippen molar-refractivity contribution in [2.24, 2.45) is 11.8 Å². The number of fused-ring (bicyclic) bond motifs is 1. The number of halogens is 1. The first-order chi connectivity index (χ1) is 16.7. The number of esters is 1. The molecular formula is C22H21ClN6O6. The molecule has 2 N–H and O–H groups in total. The maximum absolute atomic E-state index is 13.3. The summed E-state index contributed by atoms with van der Waals surface area (Å²) in [6.45, 7) is 2.78. The van der Waals surface area contributed by atoms with Gasteiger partial charge < -0.3 is 15.0 Å². The fraction of sp³-hybridized carbons (Fsp3) is 0.409. The van der Waals surface area contributed by atoms with Gasteiger partial charge in [-0.25, -0.2) is 0 Å². The molecule has 0 aliphatic carbocycles. The van der Waals surface area contributed by atoms with E-state index < -0.39 is 28.2 Å². The highest BCUT2D eigenvalue weighted by Crippen LogP contribution is 2.42. The number of nitrogens with zero attached hydrogens (tertiary/aromatic N) is 4. The number of H-pyrrole nitrogens is 1. The van der Waals surface area contributed by atoms with E-state index in [0.29, 0.717) is 19.4 Å². The number of ether oxygens (including phenoxy) is 1. The van der Waals surface area contributed by atoms with E-state index in [9.17, 15) is 29.8 Å². The third-order valence-electron chi connectivity index (χ3n) is 6.12. The molecule has 1 fully saturated rings. The lowest BCUT2D eigenvalue weighted by atomic mass is 9.79. The molecule has 1 aromatic heterocycles. The van der Waals surface area contributed by atoms with Gasteiger partial charge in [-0.3, -0.25) is 29.5 Å². The van der Waals surface area contributed by atoms with Crippen LogP contribution in [0.2, 0.25) is 5.02 Å². The summed E-state index contributed by atoms with van der Waals surface area (Å²) in [5.74, 6) is -3.87. The van der Waals surface area contributed by atoms with Crippen molar-refractivity contribution in [3.8, 4) is 6.07 Å². The number of hydrogen-bond donors (Lipinski definition) is 2. The van der Waals surface area contributed by atoms with Crippen LogP contribution >= 0.6 is 11.6 Å². The highest BCUT2D eigenvalue weighted by Gasteiger charge is 2.42. The zero-order chi connectivity index (χ0) is 25.3. The van der Waals surface area contributed by atoms with Gasteiger partial charge in [-0.2, -0.15) is 10.2 Å². The molecule has 2 aliphatic heterocycles. The van der Waals surface area contributed by atoms with Gasteiger partial charge in [0.15, 0.2) is 0 Å². The maximum atomic E-state index is 13.3. The van der Waals surface area contributed by atoms with Gasteiger partial charge >= 0.3 is 5.97 Å². The van der Waals surface area contributed by atoms with Gasteiger partial charge in [-0.15, -0.1) is 0 Å². The lowest BCUT2D eigenvalue weighted by Crippen LogP contribution is -2.43. The lowest BCUT2D eigenvalue weighted by Gasteiger charge is -2.33. The molecule has 0 spiro atoms. The first kappa shape index (κ1) is 24.2. The Morgan fingerprint density at radius 3 is 2.89 bits per heavy atom. The van der Waals surface area contributed by atoms with Crippen LogP contribution in [-0.2, 0) is 14.3 Å². The molecular weight excluding hydrogens is 480 g/mol. The molecule has 3 unspecified atom stereocenters. The molecule has 4 rings (SSSR count). The van der Waals surface area contributed by atoms with Crippen molar-refractivity contribution in [1.82, 2.24) is 9.97 Å². The number of non-ortho nitro benzene ring substituents is 1. The van der Waals surface area contributed by atoms with Crippen molar-refractivity contribution in [2.75, 3.05) is 29.9 Å². The van der Waals surface area contributed by atoms with Crippen LogP contribution in [0.1, 0.15) is 36.8 Å². The Kier molecular flexibility index (Phi) is 6.70. The average molecular weight is 501 g/mol. The van der Waals surface area contributed by atoms with Crippen molar-refractivity contribution < 1.29 is 19.2 Å². The zero-order valence-electron chi connectivity index (χ0n) is 18.6. The number of amides is 1. The minimum absolute atomic E-state index is 0.0266. The summed E-state index contributed by atoms with van der Waals surface area (Å²) in [6, 6.07) is 5.51. The predicted molar refractivity (Wildman–Crippen MR) is 124 cm³/mol. The van der Waals surface area contributed by atoms with Crippen molar-refractivity contribution >= 4 is 40.9 Å². The van der Waals surface area contributed by atoms with E-state index in [1.165, 1.54) is 12.1 Å². The average Bonchev–Trinajstić information content (AvgIpc) is 2.83. The van der Waals surface area contributed by atoms with Gasteiger partial charge in [0, 0.05) is 36.2 Å². The normalized spacial score (nSPS) is 21.5. The molecule has 0 saturated carbocycles. The van der Waals surface area contributed by atoms with E-state index in [-0.39, 0.29) is 58.6 Å². The molecule has 1 amide bonds. The van der Waals surface area contributed by atoms with E-state index in [4.69, 9.17) is 16.3 Å². The molecule has 12 nitrogen and oxygen atoms in total. The van der Waals surface area contributed by atoms with Crippen LogP contribution in [0.3, 0.4) is 0 Å². The molecule has 1 aromatic carbocycles. The van der Waals surface area contributed by atoms with E-state index in [0.717, 1.165) is 6.07 Å². The molecule has 0 bridgehead atoms. The number of carbonyl (C=O) groups excluding carboxylic acids is 2. The second kappa shape index (κ2) is 9.71. The van der Waals surface area contributed by atoms with Crippen LogP contribution in [-0.4, -0.2) is 46.5 Å². The monoisotopic (exact) mass is 500 g/mol. The van der Waals surface area contributed by atoms with Crippen molar-refractivity contribution in [3.63, 3.8) is 0 Å². The van der Waals surface area contributed by atoms with E-state index in [1.807, 2.05) is 6.07 Å². The molecule has 0 radical (unpaired) electrons. The van der Waals surface area contributed by atoms with Crippen LogP contribution in [0.4, 0.5) is 17.5 Å². The second-order valence-electron chi connectivity index (χ2n) is 8.23. The number of rotatable bonds is 5. The fourth-order valence-corrected chi connectivity index (χ4v) is 4.72. The zero-order valence-corrected chi connectivity index (χ0v) is 19.4. The largest absolute Gasteiger partial charge is 0.466 e. The van der Waals surface area contributed by atoms with Gasteiger partial charge in [-0.05, 0) is 31.4 Å². The maximum Gasteiger partial charge on any atom is 0.310 e. The minimum atomic E-state index is -1.36. The van der Waals surface area contributed by atoms with Crippen LogP contribution in [0, 0.1) is 33.3 Å². The van der Waals surface area contributed by atoms with Crippen LogP contribution in [0.5, 0.6) is 0 Å².